The molecular weight excluding hydrogens is 212 g/mol. The van der Waals surface area contributed by atoms with E-state index in [1.807, 2.05) is 20.8 Å². The largest absolute Gasteiger partial charge is 0.374 e. The molecule has 0 spiro atoms. The summed E-state index contributed by atoms with van der Waals surface area (Å²) in [5.74, 6) is -1.04. The Kier molecular flexibility index (Phi) is 4.26. The van der Waals surface area contributed by atoms with Crippen LogP contribution in [-0.2, 0) is 19.2 Å². The molecule has 6 heteroatoms. The molecule has 1 saturated heterocycles. The van der Waals surface area contributed by atoms with Gasteiger partial charge in [0.25, 0.3) is 0 Å². The second kappa shape index (κ2) is 5.27. The molecule has 0 aromatic carbocycles. The van der Waals surface area contributed by atoms with E-state index in [4.69, 9.17) is 10.5 Å². The lowest BCUT2D eigenvalue weighted by Crippen LogP contribution is -2.38. The summed E-state index contributed by atoms with van der Waals surface area (Å²) in [6.45, 7) is 5.40. The second-order valence-electron chi connectivity index (χ2n) is 4.15. The molecule has 0 aromatic heterocycles. The first-order valence-electron chi connectivity index (χ1n) is 5.29. The van der Waals surface area contributed by atoms with Gasteiger partial charge in [0.1, 0.15) is 0 Å². The molecule has 1 aliphatic heterocycles. The lowest BCUT2D eigenvalue weighted by atomic mass is 9.89. The molecule has 16 heavy (non-hydrogen) atoms. The number of nitrogens with two attached hydrogens (primary N) is 1. The molecule has 3 N–H and O–H groups in total. The van der Waals surface area contributed by atoms with Gasteiger partial charge < -0.3 is 10.5 Å². The molecule has 1 aliphatic rings. The van der Waals surface area contributed by atoms with Crippen LogP contribution in [0.3, 0.4) is 0 Å². The first-order valence-corrected chi connectivity index (χ1v) is 5.29. The number of hydrogen-bond acceptors (Lipinski definition) is 4. The molecule has 1 rings (SSSR count). The molecule has 0 radical (unpaired) electrons. The van der Waals surface area contributed by atoms with E-state index >= 15 is 0 Å². The van der Waals surface area contributed by atoms with E-state index in [1.165, 1.54) is 0 Å². The van der Waals surface area contributed by atoms with Crippen LogP contribution in [-0.4, -0.2) is 30.6 Å². The highest BCUT2D eigenvalue weighted by Crippen LogP contribution is 2.32. The van der Waals surface area contributed by atoms with Gasteiger partial charge in [-0.1, -0.05) is 6.92 Å². The molecule has 92 valence electrons. The molecule has 6 nitrogen and oxygen atoms in total. The van der Waals surface area contributed by atoms with E-state index in [0.717, 1.165) is 0 Å². The number of hydroxylamine groups is 1. The fourth-order valence-electron chi connectivity index (χ4n) is 1.96. The molecule has 0 bridgehead atoms. The van der Waals surface area contributed by atoms with Crippen molar-refractivity contribution in [2.24, 2.45) is 17.6 Å². The quantitative estimate of drug-likeness (QED) is 0.642. The zero-order chi connectivity index (χ0) is 12.3. The van der Waals surface area contributed by atoms with Gasteiger partial charge in [-0.2, -0.15) is 0 Å². The fraction of sp³-hybridized carbons (Fsp3) is 0.800. The van der Waals surface area contributed by atoms with Crippen LogP contribution in [0.5, 0.6) is 0 Å². The SMILES string of the molecule is CC1OC(C)C(C(=O)NOCC(N)=O)C1C. The Hall–Kier alpha value is -1.14. The Morgan fingerprint density at radius 3 is 2.38 bits per heavy atom. The summed E-state index contributed by atoms with van der Waals surface area (Å²) >= 11 is 0. The molecule has 0 aromatic rings. The van der Waals surface area contributed by atoms with Crippen LogP contribution in [0.1, 0.15) is 20.8 Å². The molecule has 2 amide bonds. The lowest BCUT2D eigenvalue weighted by Gasteiger charge is -2.17. The topological polar surface area (TPSA) is 90.7 Å². The standard InChI is InChI=1S/C10H18N2O4/c1-5-6(2)16-7(3)9(5)10(14)12-15-4-8(11)13/h5-7,9H,4H2,1-3H3,(H2,11,13)(H,12,14). The van der Waals surface area contributed by atoms with E-state index in [1.54, 1.807) is 0 Å². The first-order chi connectivity index (χ1) is 7.43. The van der Waals surface area contributed by atoms with E-state index in [2.05, 4.69) is 10.3 Å². The summed E-state index contributed by atoms with van der Waals surface area (Å²) in [5.41, 5.74) is 7.09. The number of ether oxygens (including phenoxy) is 1. The van der Waals surface area contributed by atoms with Crippen LogP contribution in [0.25, 0.3) is 0 Å². The average molecular weight is 230 g/mol. The van der Waals surface area contributed by atoms with E-state index in [-0.39, 0.29) is 36.6 Å². The van der Waals surface area contributed by atoms with Gasteiger partial charge in [-0.25, -0.2) is 5.48 Å². The van der Waals surface area contributed by atoms with Crippen LogP contribution in [0.2, 0.25) is 0 Å². The minimum atomic E-state index is -0.627. The van der Waals surface area contributed by atoms with Gasteiger partial charge in [-0.3, -0.25) is 14.4 Å². The van der Waals surface area contributed by atoms with Crippen LogP contribution in [0, 0.1) is 11.8 Å². The van der Waals surface area contributed by atoms with E-state index in [9.17, 15) is 9.59 Å². The lowest BCUT2D eigenvalue weighted by molar-refractivity contribution is -0.143. The van der Waals surface area contributed by atoms with Gasteiger partial charge in [-0.15, -0.1) is 0 Å². The molecule has 4 atom stereocenters. The van der Waals surface area contributed by atoms with Gasteiger partial charge in [0.2, 0.25) is 11.8 Å². The molecule has 1 fully saturated rings. The van der Waals surface area contributed by atoms with Crippen LogP contribution in [0.4, 0.5) is 0 Å². The van der Waals surface area contributed by atoms with Gasteiger partial charge >= 0.3 is 0 Å². The highest BCUT2D eigenvalue weighted by atomic mass is 16.7. The number of hydrogen-bond donors (Lipinski definition) is 2. The summed E-state index contributed by atoms with van der Waals surface area (Å²) in [6, 6.07) is 0. The van der Waals surface area contributed by atoms with Crippen molar-refractivity contribution < 1.29 is 19.2 Å². The number of rotatable bonds is 4. The zero-order valence-corrected chi connectivity index (χ0v) is 9.73. The molecule has 4 unspecified atom stereocenters. The van der Waals surface area contributed by atoms with Crippen LogP contribution < -0.4 is 11.2 Å². The van der Waals surface area contributed by atoms with Crippen molar-refractivity contribution >= 4 is 11.8 Å². The van der Waals surface area contributed by atoms with Crippen molar-refractivity contribution in [1.29, 1.82) is 0 Å². The normalized spacial score (nSPS) is 33.7. The van der Waals surface area contributed by atoms with E-state index < -0.39 is 5.91 Å². The van der Waals surface area contributed by atoms with Gasteiger partial charge in [0, 0.05) is 0 Å². The second-order valence-corrected chi connectivity index (χ2v) is 4.15. The van der Waals surface area contributed by atoms with Crippen molar-refractivity contribution in [2.45, 2.75) is 33.0 Å². The van der Waals surface area contributed by atoms with Crippen molar-refractivity contribution in [2.75, 3.05) is 6.61 Å². The summed E-state index contributed by atoms with van der Waals surface area (Å²) < 4.78 is 5.53. The van der Waals surface area contributed by atoms with Gasteiger partial charge in [0.05, 0.1) is 18.1 Å². The predicted molar refractivity (Wildman–Crippen MR) is 56.0 cm³/mol. The molecule has 0 saturated carbocycles. The van der Waals surface area contributed by atoms with Crippen LogP contribution >= 0.6 is 0 Å². The predicted octanol–water partition coefficient (Wildman–Crippen LogP) is -0.421. The Balaban J connectivity index is 2.44. The summed E-state index contributed by atoms with van der Waals surface area (Å²) in [6.07, 6.45) is -0.107. The minimum absolute atomic E-state index is 0.0434. The van der Waals surface area contributed by atoms with Gasteiger partial charge in [0.15, 0.2) is 6.61 Å². The Morgan fingerprint density at radius 2 is 1.94 bits per heavy atom. The molecular formula is C10H18N2O4. The summed E-state index contributed by atoms with van der Waals surface area (Å²) in [4.78, 5) is 26.8. The number of carbonyl (C=O) groups is 2. The summed E-state index contributed by atoms with van der Waals surface area (Å²) in [7, 11) is 0. The number of nitrogens with one attached hydrogen (secondary N) is 1. The monoisotopic (exact) mass is 230 g/mol. The Morgan fingerprint density at radius 1 is 1.31 bits per heavy atom. The third-order valence-corrected chi connectivity index (χ3v) is 2.93. The third-order valence-electron chi connectivity index (χ3n) is 2.93. The zero-order valence-electron chi connectivity index (χ0n) is 9.73. The average Bonchev–Trinajstić information content (AvgIpc) is 2.40. The van der Waals surface area contributed by atoms with Crippen LogP contribution in [0.15, 0.2) is 0 Å². The first kappa shape index (κ1) is 12.9. The highest BCUT2D eigenvalue weighted by Gasteiger charge is 2.41. The van der Waals surface area contributed by atoms with E-state index in [0.29, 0.717) is 0 Å². The van der Waals surface area contributed by atoms with Crippen molar-refractivity contribution in [1.82, 2.24) is 5.48 Å². The molecule has 0 aliphatic carbocycles. The smallest absolute Gasteiger partial charge is 0.249 e. The maximum atomic E-state index is 11.7. The number of amides is 2. The minimum Gasteiger partial charge on any atom is -0.374 e. The van der Waals surface area contributed by atoms with Gasteiger partial charge in [-0.05, 0) is 19.8 Å². The summed E-state index contributed by atoms with van der Waals surface area (Å²) in [5, 5.41) is 0. The number of carbonyl (C=O) groups excluding carboxylic acids is 2. The highest BCUT2D eigenvalue weighted by molar-refractivity contribution is 5.79. The number of primary amides is 1. The fourth-order valence-corrected chi connectivity index (χ4v) is 1.96. The Labute approximate surface area is 94.4 Å². The molecule has 1 heterocycles. The van der Waals surface area contributed by atoms with Crippen molar-refractivity contribution in [3.63, 3.8) is 0 Å². The maximum absolute atomic E-state index is 11.7. The third kappa shape index (κ3) is 2.93. The van der Waals surface area contributed by atoms with Crippen molar-refractivity contribution in [3.8, 4) is 0 Å². The maximum Gasteiger partial charge on any atom is 0.249 e. The Bertz CT molecular complexity index is 282. The van der Waals surface area contributed by atoms with Crippen molar-refractivity contribution in [3.05, 3.63) is 0 Å².